The van der Waals surface area contributed by atoms with Gasteiger partial charge in [-0.1, -0.05) is 18.2 Å². The summed E-state index contributed by atoms with van der Waals surface area (Å²) >= 11 is 0. The van der Waals surface area contributed by atoms with Gasteiger partial charge in [0.15, 0.2) is 0 Å². The van der Waals surface area contributed by atoms with E-state index in [1.54, 1.807) is 7.11 Å². The van der Waals surface area contributed by atoms with Gasteiger partial charge in [0.25, 0.3) is 0 Å². The van der Waals surface area contributed by atoms with E-state index in [0.717, 1.165) is 34.1 Å². The summed E-state index contributed by atoms with van der Waals surface area (Å²) in [6, 6.07) is 7.89. The lowest BCUT2D eigenvalue weighted by atomic mass is 10.1. The van der Waals surface area contributed by atoms with Crippen LogP contribution in [0.1, 0.15) is 28.3 Å². The lowest BCUT2D eigenvalue weighted by Crippen LogP contribution is -2.08. The lowest BCUT2D eigenvalue weighted by molar-refractivity contribution is 0.298. The van der Waals surface area contributed by atoms with E-state index >= 15 is 0 Å². The van der Waals surface area contributed by atoms with Crippen molar-refractivity contribution in [3.05, 3.63) is 52.6 Å². The molecule has 106 valence electrons. The Labute approximate surface area is 119 Å². The molecular weight excluding hydrogens is 252 g/mol. The van der Waals surface area contributed by atoms with Crippen molar-refractivity contribution in [2.24, 2.45) is 0 Å². The van der Waals surface area contributed by atoms with Crippen LogP contribution in [0.3, 0.4) is 0 Å². The van der Waals surface area contributed by atoms with Gasteiger partial charge in [0.2, 0.25) is 0 Å². The van der Waals surface area contributed by atoms with Crippen LogP contribution in [0.25, 0.3) is 0 Å². The molecule has 0 radical (unpaired) electrons. The molecule has 0 amide bonds. The van der Waals surface area contributed by atoms with Gasteiger partial charge in [-0.15, -0.1) is 0 Å². The van der Waals surface area contributed by atoms with Gasteiger partial charge in [-0.3, -0.25) is 0 Å². The molecule has 2 aromatic rings. The second-order valence-electron chi connectivity index (χ2n) is 4.75. The van der Waals surface area contributed by atoms with E-state index in [0.29, 0.717) is 12.8 Å². The summed E-state index contributed by atoms with van der Waals surface area (Å²) in [5.74, 6) is 1.64. The van der Waals surface area contributed by atoms with Crippen molar-refractivity contribution in [3.63, 3.8) is 0 Å². The Balaban J connectivity index is 2.30. The van der Waals surface area contributed by atoms with Crippen LogP contribution in [0.5, 0.6) is 5.75 Å². The van der Waals surface area contributed by atoms with E-state index in [9.17, 15) is 0 Å². The molecule has 0 saturated heterocycles. The van der Waals surface area contributed by atoms with Gasteiger partial charge in [-0.25, -0.2) is 9.97 Å². The first-order valence-electron chi connectivity index (χ1n) is 6.71. The van der Waals surface area contributed by atoms with Crippen molar-refractivity contribution < 1.29 is 9.84 Å². The molecule has 0 saturated carbocycles. The van der Waals surface area contributed by atoms with E-state index in [-0.39, 0.29) is 6.61 Å². The van der Waals surface area contributed by atoms with Crippen LogP contribution in [0.4, 0.5) is 0 Å². The predicted molar refractivity (Wildman–Crippen MR) is 78.1 cm³/mol. The first-order valence-corrected chi connectivity index (χ1v) is 6.71. The maximum Gasteiger partial charge on any atom is 0.133 e. The third-order valence-electron chi connectivity index (χ3n) is 3.37. The van der Waals surface area contributed by atoms with Gasteiger partial charge in [0.1, 0.15) is 11.6 Å². The fourth-order valence-corrected chi connectivity index (χ4v) is 2.38. The molecule has 0 fully saturated rings. The highest BCUT2D eigenvalue weighted by molar-refractivity contribution is 5.36. The number of aliphatic hydroxyl groups is 1. The molecule has 1 N–H and O–H groups in total. The van der Waals surface area contributed by atoms with E-state index in [1.165, 1.54) is 0 Å². The van der Waals surface area contributed by atoms with Crippen molar-refractivity contribution in [1.82, 2.24) is 9.97 Å². The standard InChI is InChI=1S/C16H20N2O2/c1-11-14(8-9-19)12(2)18-16(17-11)10-13-6-4-5-7-15(13)20-3/h4-7,19H,8-10H2,1-3H3. The highest BCUT2D eigenvalue weighted by Crippen LogP contribution is 2.20. The lowest BCUT2D eigenvalue weighted by Gasteiger charge is -2.11. The summed E-state index contributed by atoms with van der Waals surface area (Å²) in [7, 11) is 1.67. The topological polar surface area (TPSA) is 55.2 Å². The molecule has 4 heteroatoms. The molecule has 1 heterocycles. The average Bonchev–Trinajstić information content (AvgIpc) is 2.43. The number of nitrogens with zero attached hydrogens (tertiary/aromatic N) is 2. The fourth-order valence-electron chi connectivity index (χ4n) is 2.38. The van der Waals surface area contributed by atoms with Crippen molar-refractivity contribution in [1.29, 1.82) is 0 Å². The van der Waals surface area contributed by atoms with E-state index in [2.05, 4.69) is 9.97 Å². The van der Waals surface area contributed by atoms with Crippen molar-refractivity contribution in [2.45, 2.75) is 26.7 Å². The molecule has 0 aliphatic heterocycles. The molecule has 0 unspecified atom stereocenters. The second-order valence-corrected chi connectivity index (χ2v) is 4.75. The zero-order valence-corrected chi connectivity index (χ0v) is 12.2. The number of aryl methyl sites for hydroxylation is 2. The highest BCUT2D eigenvalue weighted by atomic mass is 16.5. The van der Waals surface area contributed by atoms with Crippen LogP contribution in [-0.4, -0.2) is 28.8 Å². The molecule has 0 atom stereocenters. The Hall–Kier alpha value is -1.94. The third kappa shape index (κ3) is 3.14. The van der Waals surface area contributed by atoms with Crippen LogP contribution in [0, 0.1) is 13.8 Å². The summed E-state index contributed by atoms with van der Waals surface area (Å²) < 4.78 is 5.35. The van der Waals surface area contributed by atoms with Gasteiger partial charge in [-0.2, -0.15) is 0 Å². The highest BCUT2D eigenvalue weighted by Gasteiger charge is 2.10. The molecule has 0 aliphatic carbocycles. The molecular formula is C16H20N2O2. The number of rotatable bonds is 5. The van der Waals surface area contributed by atoms with Gasteiger partial charge in [0, 0.05) is 30.0 Å². The van der Waals surface area contributed by atoms with Crippen LogP contribution in [0.2, 0.25) is 0 Å². The number of hydrogen-bond donors (Lipinski definition) is 1. The zero-order valence-electron chi connectivity index (χ0n) is 12.2. The second kappa shape index (κ2) is 6.48. The van der Waals surface area contributed by atoms with Crippen molar-refractivity contribution in [3.8, 4) is 5.75 Å². The first kappa shape index (κ1) is 14.5. The number of ether oxygens (including phenoxy) is 1. The SMILES string of the molecule is COc1ccccc1Cc1nc(C)c(CCO)c(C)n1. The van der Waals surface area contributed by atoms with Crippen LogP contribution >= 0.6 is 0 Å². The average molecular weight is 272 g/mol. The molecule has 0 spiro atoms. The maximum absolute atomic E-state index is 9.07. The quantitative estimate of drug-likeness (QED) is 0.907. The molecule has 2 rings (SSSR count). The number of para-hydroxylation sites is 1. The minimum atomic E-state index is 0.122. The Morgan fingerprint density at radius 2 is 1.75 bits per heavy atom. The van der Waals surface area contributed by atoms with Gasteiger partial charge in [0.05, 0.1) is 7.11 Å². The maximum atomic E-state index is 9.07. The number of aliphatic hydroxyl groups excluding tert-OH is 1. The summed E-state index contributed by atoms with van der Waals surface area (Å²) in [4.78, 5) is 9.09. The smallest absolute Gasteiger partial charge is 0.133 e. The molecule has 0 bridgehead atoms. The van der Waals surface area contributed by atoms with Crippen LogP contribution in [0.15, 0.2) is 24.3 Å². The molecule has 0 aliphatic rings. The number of aromatic nitrogens is 2. The van der Waals surface area contributed by atoms with E-state index < -0.39 is 0 Å². The van der Waals surface area contributed by atoms with Gasteiger partial charge >= 0.3 is 0 Å². The minimum Gasteiger partial charge on any atom is -0.496 e. The monoisotopic (exact) mass is 272 g/mol. The van der Waals surface area contributed by atoms with Crippen molar-refractivity contribution in [2.75, 3.05) is 13.7 Å². The summed E-state index contributed by atoms with van der Waals surface area (Å²) in [6.45, 7) is 4.05. The van der Waals surface area contributed by atoms with Crippen molar-refractivity contribution >= 4 is 0 Å². The molecule has 1 aromatic carbocycles. The van der Waals surface area contributed by atoms with Gasteiger partial charge in [-0.05, 0) is 31.9 Å². The minimum absolute atomic E-state index is 0.122. The summed E-state index contributed by atoms with van der Waals surface area (Å²) in [6.07, 6.45) is 1.25. The number of hydrogen-bond acceptors (Lipinski definition) is 4. The van der Waals surface area contributed by atoms with Crippen LogP contribution < -0.4 is 4.74 Å². The van der Waals surface area contributed by atoms with E-state index in [1.807, 2.05) is 38.1 Å². The number of benzene rings is 1. The largest absolute Gasteiger partial charge is 0.496 e. The predicted octanol–water partition coefficient (Wildman–Crippen LogP) is 2.23. The Morgan fingerprint density at radius 1 is 1.10 bits per heavy atom. The molecule has 1 aromatic heterocycles. The first-order chi connectivity index (χ1) is 9.65. The molecule has 4 nitrogen and oxygen atoms in total. The third-order valence-corrected chi connectivity index (χ3v) is 3.37. The van der Waals surface area contributed by atoms with Gasteiger partial charge < -0.3 is 9.84 Å². The fraction of sp³-hybridized carbons (Fsp3) is 0.375. The normalized spacial score (nSPS) is 10.6. The Kier molecular flexibility index (Phi) is 4.69. The molecule has 20 heavy (non-hydrogen) atoms. The number of methoxy groups -OCH3 is 1. The summed E-state index contributed by atoms with van der Waals surface area (Å²) in [5, 5.41) is 9.07. The zero-order chi connectivity index (χ0) is 14.5. The van der Waals surface area contributed by atoms with E-state index in [4.69, 9.17) is 9.84 Å². The summed E-state index contributed by atoms with van der Waals surface area (Å²) in [5.41, 5.74) is 3.99. The Morgan fingerprint density at radius 3 is 2.35 bits per heavy atom. The van der Waals surface area contributed by atoms with Crippen LogP contribution in [-0.2, 0) is 12.8 Å². The Bertz CT molecular complexity index is 574.